The van der Waals surface area contributed by atoms with Gasteiger partial charge in [-0.1, -0.05) is 23.9 Å². The molecule has 0 aliphatic carbocycles. The molecule has 156 valence electrons. The minimum absolute atomic E-state index is 0.0326. The quantitative estimate of drug-likeness (QED) is 0.350. The Morgan fingerprint density at radius 2 is 1.83 bits per heavy atom. The number of nitro groups is 1. The summed E-state index contributed by atoms with van der Waals surface area (Å²) in [4.78, 5) is 23.7. The Balaban J connectivity index is 1.88. The molecule has 0 saturated heterocycles. The van der Waals surface area contributed by atoms with Gasteiger partial charge in [-0.15, -0.1) is 10.2 Å². The number of nitro benzene ring substituents is 1. The first-order chi connectivity index (χ1) is 14.3. The molecule has 1 heterocycles. The summed E-state index contributed by atoms with van der Waals surface area (Å²) < 4.78 is 14.8. The van der Waals surface area contributed by atoms with Crippen molar-refractivity contribution in [1.82, 2.24) is 25.0 Å². The SMILES string of the molecule is CN(C)C(=O)NCc1nnc(SCc2ccc(F)cc2)n1-c1ccc([N+](=O)[O-])cc1. The molecule has 0 spiro atoms. The van der Waals surface area contributed by atoms with Crippen LogP contribution in [-0.4, -0.2) is 44.7 Å². The Morgan fingerprint density at radius 3 is 2.43 bits per heavy atom. The molecule has 9 nitrogen and oxygen atoms in total. The number of non-ortho nitro benzene ring substituents is 1. The first-order valence-corrected chi connectivity index (χ1v) is 9.85. The average Bonchev–Trinajstić information content (AvgIpc) is 3.14. The first-order valence-electron chi connectivity index (χ1n) is 8.86. The second-order valence-electron chi connectivity index (χ2n) is 6.48. The number of nitrogens with one attached hydrogen (secondary N) is 1. The van der Waals surface area contributed by atoms with Gasteiger partial charge in [0.2, 0.25) is 0 Å². The number of thioether (sulfide) groups is 1. The number of aromatic nitrogens is 3. The molecule has 0 atom stereocenters. The molecule has 0 bridgehead atoms. The summed E-state index contributed by atoms with van der Waals surface area (Å²) in [6, 6.07) is 11.9. The van der Waals surface area contributed by atoms with Crippen LogP contribution in [0.4, 0.5) is 14.9 Å². The standard InChI is InChI=1S/C19H19FN6O3S/c1-24(2)18(27)21-11-17-22-23-19(30-12-13-3-5-14(20)6-4-13)25(17)15-7-9-16(10-8-15)26(28)29/h3-10H,11-12H2,1-2H3,(H,21,27). The molecule has 3 aromatic rings. The van der Waals surface area contributed by atoms with E-state index in [0.717, 1.165) is 5.56 Å². The van der Waals surface area contributed by atoms with Crippen LogP contribution in [0.15, 0.2) is 53.7 Å². The van der Waals surface area contributed by atoms with Crippen LogP contribution in [0.25, 0.3) is 5.69 Å². The number of hydrogen-bond acceptors (Lipinski definition) is 6. The molecule has 2 aromatic carbocycles. The number of carbonyl (C=O) groups is 1. The van der Waals surface area contributed by atoms with Crippen molar-refractivity contribution in [2.45, 2.75) is 17.5 Å². The van der Waals surface area contributed by atoms with E-state index in [1.807, 2.05) is 0 Å². The zero-order valence-electron chi connectivity index (χ0n) is 16.3. The van der Waals surface area contributed by atoms with Crippen molar-refractivity contribution in [2.75, 3.05) is 14.1 Å². The summed E-state index contributed by atoms with van der Waals surface area (Å²) in [5.74, 6) is 0.688. The second kappa shape index (κ2) is 9.35. The monoisotopic (exact) mass is 430 g/mol. The summed E-state index contributed by atoms with van der Waals surface area (Å²) in [5.41, 5.74) is 1.50. The maximum atomic E-state index is 13.1. The van der Waals surface area contributed by atoms with Crippen molar-refractivity contribution < 1.29 is 14.1 Å². The van der Waals surface area contributed by atoms with E-state index in [1.165, 1.54) is 40.9 Å². The van der Waals surface area contributed by atoms with E-state index in [-0.39, 0.29) is 24.1 Å². The van der Waals surface area contributed by atoms with Crippen molar-refractivity contribution >= 4 is 23.5 Å². The molecule has 0 unspecified atom stereocenters. The van der Waals surface area contributed by atoms with Crippen LogP contribution >= 0.6 is 11.8 Å². The molecule has 0 fully saturated rings. The van der Waals surface area contributed by atoms with Gasteiger partial charge in [-0.05, 0) is 29.8 Å². The summed E-state index contributed by atoms with van der Waals surface area (Å²) in [6.07, 6.45) is 0. The van der Waals surface area contributed by atoms with E-state index in [0.29, 0.717) is 22.4 Å². The Labute approximate surface area is 176 Å². The van der Waals surface area contributed by atoms with Gasteiger partial charge in [0.15, 0.2) is 11.0 Å². The maximum Gasteiger partial charge on any atom is 0.317 e. The Kier molecular flexibility index (Phi) is 6.62. The summed E-state index contributed by atoms with van der Waals surface area (Å²) in [5, 5.41) is 22.6. The predicted octanol–water partition coefficient (Wildman–Crippen LogP) is 3.38. The second-order valence-corrected chi connectivity index (χ2v) is 7.42. The normalized spacial score (nSPS) is 10.6. The number of amides is 2. The minimum atomic E-state index is -0.474. The third-order valence-electron chi connectivity index (χ3n) is 4.10. The fourth-order valence-corrected chi connectivity index (χ4v) is 3.46. The molecule has 2 amide bonds. The summed E-state index contributed by atoms with van der Waals surface area (Å²) >= 11 is 1.38. The third-order valence-corrected chi connectivity index (χ3v) is 5.10. The van der Waals surface area contributed by atoms with Gasteiger partial charge in [-0.2, -0.15) is 0 Å². The average molecular weight is 430 g/mol. The number of nitrogens with zero attached hydrogens (tertiary/aromatic N) is 5. The van der Waals surface area contributed by atoms with E-state index in [2.05, 4.69) is 15.5 Å². The number of urea groups is 1. The fraction of sp³-hybridized carbons (Fsp3) is 0.211. The van der Waals surface area contributed by atoms with Gasteiger partial charge in [0.25, 0.3) is 5.69 Å². The molecule has 0 saturated carbocycles. The lowest BCUT2D eigenvalue weighted by Crippen LogP contribution is -2.34. The van der Waals surface area contributed by atoms with Crippen molar-refractivity contribution in [2.24, 2.45) is 0 Å². The van der Waals surface area contributed by atoms with Crippen molar-refractivity contribution in [1.29, 1.82) is 0 Å². The molecular formula is C19H19FN6O3S. The van der Waals surface area contributed by atoms with Gasteiger partial charge >= 0.3 is 6.03 Å². The molecule has 0 aliphatic heterocycles. The van der Waals surface area contributed by atoms with Crippen molar-refractivity contribution in [3.8, 4) is 5.69 Å². The molecule has 30 heavy (non-hydrogen) atoms. The molecular weight excluding hydrogens is 411 g/mol. The van der Waals surface area contributed by atoms with Crippen LogP contribution in [0.5, 0.6) is 0 Å². The van der Waals surface area contributed by atoms with Crippen molar-refractivity contribution in [3.63, 3.8) is 0 Å². The fourth-order valence-electron chi connectivity index (χ4n) is 2.53. The van der Waals surface area contributed by atoms with Crippen LogP contribution in [-0.2, 0) is 12.3 Å². The van der Waals surface area contributed by atoms with E-state index in [1.54, 1.807) is 42.9 Å². The first kappa shape index (κ1) is 21.2. The topological polar surface area (TPSA) is 106 Å². The smallest absolute Gasteiger partial charge is 0.317 e. The van der Waals surface area contributed by atoms with Crippen LogP contribution < -0.4 is 5.32 Å². The highest BCUT2D eigenvalue weighted by molar-refractivity contribution is 7.98. The van der Waals surface area contributed by atoms with Gasteiger partial charge < -0.3 is 10.2 Å². The third kappa shape index (κ3) is 5.11. The number of carbonyl (C=O) groups excluding carboxylic acids is 1. The van der Waals surface area contributed by atoms with Crippen LogP contribution in [0.3, 0.4) is 0 Å². The van der Waals surface area contributed by atoms with Gasteiger partial charge in [-0.3, -0.25) is 14.7 Å². The van der Waals surface area contributed by atoms with Gasteiger partial charge in [0.05, 0.1) is 11.5 Å². The van der Waals surface area contributed by atoms with Crippen LogP contribution in [0, 0.1) is 15.9 Å². The Hall–Kier alpha value is -3.47. The molecule has 1 N–H and O–H groups in total. The van der Waals surface area contributed by atoms with Gasteiger partial charge in [0.1, 0.15) is 5.82 Å². The summed E-state index contributed by atoms with van der Waals surface area (Å²) in [7, 11) is 3.25. The maximum absolute atomic E-state index is 13.1. The largest absolute Gasteiger partial charge is 0.331 e. The van der Waals surface area contributed by atoms with E-state index < -0.39 is 4.92 Å². The highest BCUT2D eigenvalue weighted by Gasteiger charge is 2.17. The van der Waals surface area contributed by atoms with Gasteiger partial charge in [-0.25, -0.2) is 9.18 Å². The highest BCUT2D eigenvalue weighted by Crippen LogP contribution is 2.26. The van der Waals surface area contributed by atoms with Crippen LogP contribution in [0.2, 0.25) is 0 Å². The van der Waals surface area contributed by atoms with Gasteiger partial charge in [0, 0.05) is 37.7 Å². The Bertz CT molecular complexity index is 1040. The van der Waals surface area contributed by atoms with E-state index in [4.69, 9.17) is 0 Å². The minimum Gasteiger partial charge on any atom is -0.331 e. The Morgan fingerprint density at radius 1 is 1.17 bits per heavy atom. The molecule has 11 heteroatoms. The number of benzene rings is 2. The molecule has 0 radical (unpaired) electrons. The molecule has 0 aliphatic rings. The number of rotatable bonds is 7. The highest BCUT2D eigenvalue weighted by atomic mass is 32.2. The number of hydrogen-bond donors (Lipinski definition) is 1. The summed E-state index contributed by atoms with van der Waals surface area (Å²) in [6.45, 7) is 0.123. The predicted molar refractivity (Wildman–Crippen MR) is 110 cm³/mol. The van der Waals surface area contributed by atoms with Crippen LogP contribution in [0.1, 0.15) is 11.4 Å². The van der Waals surface area contributed by atoms with E-state index >= 15 is 0 Å². The molecule has 3 rings (SSSR count). The lowest BCUT2D eigenvalue weighted by atomic mass is 10.2. The zero-order valence-corrected chi connectivity index (χ0v) is 17.1. The van der Waals surface area contributed by atoms with Crippen molar-refractivity contribution in [3.05, 3.63) is 75.9 Å². The number of halogens is 1. The molecule has 1 aromatic heterocycles. The van der Waals surface area contributed by atoms with E-state index in [9.17, 15) is 19.3 Å². The lowest BCUT2D eigenvalue weighted by Gasteiger charge is -2.13. The lowest BCUT2D eigenvalue weighted by molar-refractivity contribution is -0.384. The zero-order chi connectivity index (χ0) is 21.7.